The molecule has 1 aliphatic heterocycles. The third-order valence-corrected chi connectivity index (χ3v) is 4.06. The fourth-order valence-electron chi connectivity index (χ4n) is 1.85. The van der Waals surface area contributed by atoms with Gasteiger partial charge in [0.25, 0.3) is 0 Å². The van der Waals surface area contributed by atoms with Gasteiger partial charge in [0.2, 0.25) is 5.91 Å². The second-order valence-corrected chi connectivity index (χ2v) is 5.32. The quantitative estimate of drug-likeness (QED) is 0.656. The number of thioether (sulfide) groups is 1. The smallest absolute Gasteiger partial charge is 0.244 e. The molecule has 3 nitrogen and oxygen atoms in total. The molecule has 1 rings (SSSR count). The Morgan fingerprint density at radius 2 is 2.13 bits per heavy atom. The largest absolute Gasteiger partial charge is 0.368 e. The lowest BCUT2D eigenvalue weighted by Gasteiger charge is -2.10. The van der Waals surface area contributed by atoms with E-state index in [1.54, 1.807) is 11.8 Å². The van der Waals surface area contributed by atoms with Gasteiger partial charge < -0.3 is 5.73 Å². The van der Waals surface area contributed by atoms with Gasteiger partial charge in [-0.05, 0) is 6.42 Å². The summed E-state index contributed by atoms with van der Waals surface area (Å²) in [7, 11) is 0. The second kappa shape index (κ2) is 7.12. The van der Waals surface area contributed by atoms with E-state index in [0.717, 1.165) is 5.75 Å². The molecule has 2 unspecified atom stereocenters. The van der Waals surface area contributed by atoms with E-state index in [2.05, 4.69) is 12.2 Å². The van der Waals surface area contributed by atoms with E-state index in [1.807, 2.05) is 0 Å². The van der Waals surface area contributed by atoms with Crippen LogP contribution in [0.3, 0.4) is 0 Å². The number of hydrogen-bond acceptors (Lipinski definition) is 3. The van der Waals surface area contributed by atoms with Crippen molar-refractivity contribution in [3.63, 3.8) is 0 Å². The minimum absolute atomic E-state index is 0.148. The lowest BCUT2D eigenvalue weighted by atomic mass is 10.1. The highest BCUT2D eigenvalue weighted by molar-refractivity contribution is 8.00. The third kappa shape index (κ3) is 4.89. The molecule has 0 aromatic heterocycles. The molecule has 1 saturated heterocycles. The van der Waals surface area contributed by atoms with Crippen LogP contribution in [0, 0.1) is 0 Å². The maximum absolute atomic E-state index is 10.9. The summed E-state index contributed by atoms with van der Waals surface area (Å²) >= 11 is 1.64. The number of nitrogens with two attached hydrogens (primary N) is 1. The first-order chi connectivity index (χ1) is 7.24. The van der Waals surface area contributed by atoms with Crippen LogP contribution in [0.1, 0.15) is 45.4 Å². The highest BCUT2D eigenvalue weighted by Gasteiger charge is 2.27. The summed E-state index contributed by atoms with van der Waals surface area (Å²) in [5.41, 5.74) is 5.23. The Bertz CT molecular complexity index is 199. The summed E-state index contributed by atoms with van der Waals surface area (Å²) in [6, 6.07) is 0.495. The number of amides is 1. The Morgan fingerprint density at radius 3 is 2.73 bits per heavy atom. The first-order valence-corrected chi connectivity index (χ1v) is 6.96. The molecule has 2 atom stereocenters. The average Bonchev–Trinajstić information content (AvgIpc) is 2.66. The number of carbonyl (C=O) groups excluding carboxylic acids is 1. The molecule has 0 radical (unpaired) electrons. The van der Waals surface area contributed by atoms with E-state index in [-0.39, 0.29) is 11.3 Å². The van der Waals surface area contributed by atoms with Gasteiger partial charge in [0.05, 0.1) is 0 Å². The fraction of sp³-hybridized carbons (Fsp3) is 0.909. The summed E-state index contributed by atoms with van der Waals surface area (Å²) in [5.74, 6) is 0.801. The van der Waals surface area contributed by atoms with E-state index in [4.69, 9.17) is 5.73 Å². The van der Waals surface area contributed by atoms with Crippen LogP contribution in [-0.4, -0.2) is 23.1 Å². The zero-order valence-electron chi connectivity index (χ0n) is 9.50. The van der Waals surface area contributed by atoms with Gasteiger partial charge in [-0.15, -0.1) is 11.8 Å². The number of hydrogen-bond donors (Lipinski definition) is 2. The maximum atomic E-state index is 10.9. The maximum Gasteiger partial charge on any atom is 0.244 e. The molecule has 88 valence electrons. The summed E-state index contributed by atoms with van der Waals surface area (Å²) in [5, 5.41) is 3.12. The lowest BCUT2D eigenvalue weighted by molar-refractivity contribution is -0.118. The molecule has 3 N–H and O–H groups in total. The average molecular weight is 230 g/mol. The molecule has 1 fully saturated rings. The molecule has 0 bridgehead atoms. The Labute approximate surface area is 96.6 Å². The zero-order valence-corrected chi connectivity index (χ0v) is 10.3. The van der Waals surface area contributed by atoms with E-state index in [0.29, 0.717) is 6.04 Å². The van der Waals surface area contributed by atoms with Crippen LogP contribution in [-0.2, 0) is 4.79 Å². The molecular formula is C11H22N2OS. The van der Waals surface area contributed by atoms with Crippen LogP contribution in [0.5, 0.6) is 0 Å². The number of primary amides is 1. The monoisotopic (exact) mass is 230 g/mol. The summed E-state index contributed by atoms with van der Waals surface area (Å²) in [6.45, 7) is 2.23. The molecule has 4 heteroatoms. The normalized spacial score (nSPS) is 25.7. The third-order valence-electron chi connectivity index (χ3n) is 2.77. The van der Waals surface area contributed by atoms with Crippen LogP contribution in [0.2, 0.25) is 0 Å². The summed E-state index contributed by atoms with van der Waals surface area (Å²) in [6.07, 6.45) is 7.75. The molecule has 15 heavy (non-hydrogen) atoms. The van der Waals surface area contributed by atoms with Crippen molar-refractivity contribution < 1.29 is 4.79 Å². The van der Waals surface area contributed by atoms with Crippen molar-refractivity contribution in [2.45, 2.75) is 56.9 Å². The fourth-order valence-corrected chi connectivity index (χ4v) is 2.99. The van der Waals surface area contributed by atoms with Crippen molar-refractivity contribution in [2.24, 2.45) is 5.73 Å². The molecule has 1 amide bonds. The van der Waals surface area contributed by atoms with Gasteiger partial charge >= 0.3 is 0 Å². The number of nitrogens with one attached hydrogen (secondary N) is 1. The standard InChI is InChI=1S/C11H22N2OS/c1-2-3-4-5-6-7-9-8-15-11(13-9)10(12)14/h9,11,13H,2-8H2,1H3,(H2,12,14). The molecular weight excluding hydrogens is 208 g/mol. The molecule has 0 saturated carbocycles. The van der Waals surface area contributed by atoms with Crippen LogP contribution >= 0.6 is 11.8 Å². The summed E-state index contributed by atoms with van der Waals surface area (Å²) < 4.78 is 0. The van der Waals surface area contributed by atoms with Gasteiger partial charge in [0.1, 0.15) is 5.37 Å². The highest BCUT2D eigenvalue weighted by Crippen LogP contribution is 2.21. The van der Waals surface area contributed by atoms with E-state index in [1.165, 1.54) is 38.5 Å². The molecule has 1 aliphatic rings. The predicted octanol–water partition coefficient (Wildman–Crippen LogP) is 1.86. The topological polar surface area (TPSA) is 55.1 Å². The Kier molecular flexibility index (Phi) is 6.10. The van der Waals surface area contributed by atoms with Gasteiger partial charge in [-0.1, -0.05) is 39.0 Å². The minimum atomic E-state index is -0.228. The zero-order chi connectivity index (χ0) is 11.1. The highest BCUT2D eigenvalue weighted by atomic mass is 32.2. The van der Waals surface area contributed by atoms with Crippen LogP contribution in [0.25, 0.3) is 0 Å². The van der Waals surface area contributed by atoms with E-state index >= 15 is 0 Å². The predicted molar refractivity (Wildman–Crippen MR) is 65.7 cm³/mol. The Balaban J connectivity index is 2.01. The number of unbranched alkanes of at least 4 members (excludes halogenated alkanes) is 4. The first-order valence-electron chi connectivity index (χ1n) is 5.91. The number of rotatable bonds is 7. The molecule has 1 heterocycles. The van der Waals surface area contributed by atoms with Gasteiger partial charge in [0, 0.05) is 11.8 Å². The SMILES string of the molecule is CCCCCCCC1CSC(C(N)=O)N1. The van der Waals surface area contributed by atoms with Crippen molar-refractivity contribution >= 4 is 17.7 Å². The van der Waals surface area contributed by atoms with Gasteiger partial charge in [0.15, 0.2) is 0 Å². The van der Waals surface area contributed by atoms with Crippen molar-refractivity contribution in [2.75, 3.05) is 5.75 Å². The molecule has 0 spiro atoms. The van der Waals surface area contributed by atoms with Crippen molar-refractivity contribution in [3.05, 3.63) is 0 Å². The molecule has 0 aromatic rings. The van der Waals surface area contributed by atoms with Crippen molar-refractivity contribution in [3.8, 4) is 0 Å². The van der Waals surface area contributed by atoms with Crippen molar-refractivity contribution in [1.29, 1.82) is 0 Å². The van der Waals surface area contributed by atoms with Crippen LogP contribution < -0.4 is 11.1 Å². The molecule has 0 aromatic carbocycles. The number of carbonyl (C=O) groups is 1. The minimum Gasteiger partial charge on any atom is -0.368 e. The van der Waals surface area contributed by atoms with Crippen LogP contribution in [0.4, 0.5) is 0 Å². The van der Waals surface area contributed by atoms with E-state index < -0.39 is 0 Å². The van der Waals surface area contributed by atoms with E-state index in [9.17, 15) is 4.79 Å². The lowest BCUT2D eigenvalue weighted by Crippen LogP contribution is -2.38. The van der Waals surface area contributed by atoms with Crippen LogP contribution in [0.15, 0.2) is 0 Å². The first kappa shape index (κ1) is 12.8. The van der Waals surface area contributed by atoms with Crippen molar-refractivity contribution in [1.82, 2.24) is 5.32 Å². The Hall–Kier alpha value is -0.220. The van der Waals surface area contributed by atoms with Gasteiger partial charge in [-0.2, -0.15) is 0 Å². The summed E-state index contributed by atoms with van der Waals surface area (Å²) in [4.78, 5) is 10.9. The molecule has 0 aliphatic carbocycles. The van der Waals surface area contributed by atoms with Gasteiger partial charge in [-0.3, -0.25) is 10.1 Å². The van der Waals surface area contributed by atoms with Gasteiger partial charge in [-0.25, -0.2) is 0 Å². The Morgan fingerprint density at radius 1 is 1.40 bits per heavy atom. The second-order valence-electron chi connectivity index (χ2n) is 4.18.